The van der Waals surface area contributed by atoms with Crippen LogP contribution in [0.1, 0.15) is 49.1 Å². The van der Waals surface area contributed by atoms with E-state index in [2.05, 4.69) is 25.8 Å². The van der Waals surface area contributed by atoms with Gasteiger partial charge in [-0.3, -0.25) is 0 Å². The Morgan fingerprint density at radius 3 is 2.91 bits per heavy atom. The predicted octanol–water partition coefficient (Wildman–Crippen LogP) is 2.38. The zero-order chi connectivity index (χ0) is 15.6. The second-order valence-electron chi connectivity index (χ2n) is 5.85. The number of nitrogens with zero attached hydrogens (tertiary/aromatic N) is 5. The molecule has 0 bridgehead atoms. The first-order chi connectivity index (χ1) is 11.3. The molecular weight excluding hydrogens is 292 g/mol. The van der Waals surface area contributed by atoms with Gasteiger partial charge in [0, 0.05) is 5.92 Å². The second-order valence-corrected chi connectivity index (χ2v) is 5.85. The fourth-order valence-corrected chi connectivity index (χ4v) is 2.37. The summed E-state index contributed by atoms with van der Waals surface area (Å²) in [4.78, 5) is 4.41. The average Bonchev–Trinajstić information content (AvgIpc) is 3.14. The van der Waals surface area contributed by atoms with Gasteiger partial charge in [-0.1, -0.05) is 28.6 Å². The highest BCUT2D eigenvalue weighted by Gasteiger charge is 2.28. The summed E-state index contributed by atoms with van der Waals surface area (Å²) in [6.45, 7) is 2.57. The normalized spacial score (nSPS) is 15.7. The quantitative estimate of drug-likeness (QED) is 0.753. The zero-order valence-corrected chi connectivity index (χ0v) is 12.9. The van der Waals surface area contributed by atoms with Crippen molar-refractivity contribution in [2.75, 3.05) is 0 Å². The molecule has 0 radical (unpaired) electrons. The molecule has 3 aromatic rings. The van der Waals surface area contributed by atoms with Crippen LogP contribution in [0, 0.1) is 0 Å². The molecule has 1 saturated carbocycles. The SMILES string of the molecule is CC(NCc1nc(C2CC2)no1)c1cn(-c2ccccc2)nn1. The van der Waals surface area contributed by atoms with Crippen molar-refractivity contribution in [1.29, 1.82) is 0 Å². The lowest BCUT2D eigenvalue weighted by atomic mass is 10.2. The predicted molar refractivity (Wildman–Crippen MR) is 82.9 cm³/mol. The Bertz CT molecular complexity index is 777. The van der Waals surface area contributed by atoms with Crippen LogP contribution in [0.15, 0.2) is 41.1 Å². The maximum absolute atomic E-state index is 5.26. The van der Waals surface area contributed by atoms with E-state index in [4.69, 9.17) is 4.52 Å². The highest BCUT2D eigenvalue weighted by Crippen LogP contribution is 2.38. The third-order valence-corrected chi connectivity index (χ3v) is 3.96. The summed E-state index contributed by atoms with van der Waals surface area (Å²) < 4.78 is 7.03. The van der Waals surface area contributed by atoms with E-state index in [1.807, 2.05) is 43.5 Å². The van der Waals surface area contributed by atoms with Gasteiger partial charge in [-0.2, -0.15) is 4.98 Å². The molecule has 1 atom stereocenters. The standard InChI is InChI=1S/C16H18N6O/c1-11(17-9-15-18-16(20-23-15)12-7-8-12)14-10-22(21-19-14)13-5-3-2-4-6-13/h2-6,10-12,17H,7-9H2,1H3. The Labute approximate surface area is 133 Å². The van der Waals surface area contributed by atoms with Gasteiger partial charge in [-0.05, 0) is 31.9 Å². The zero-order valence-electron chi connectivity index (χ0n) is 12.9. The van der Waals surface area contributed by atoms with E-state index in [1.54, 1.807) is 4.68 Å². The molecule has 23 heavy (non-hydrogen) atoms. The smallest absolute Gasteiger partial charge is 0.240 e. The third-order valence-electron chi connectivity index (χ3n) is 3.96. The number of nitrogens with one attached hydrogen (secondary N) is 1. The molecule has 0 amide bonds. The van der Waals surface area contributed by atoms with Crippen LogP contribution < -0.4 is 5.32 Å². The number of benzene rings is 1. The molecule has 2 aromatic heterocycles. The molecule has 1 N–H and O–H groups in total. The van der Waals surface area contributed by atoms with Crippen molar-refractivity contribution in [3.8, 4) is 5.69 Å². The summed E-state index contributed by atoms with van der Waals surface area (Å²) in [5, 5.41) is 15.8. The van der Waals surface area contributed by atoms with Gasteiger partial charge in [-0.25, -0.2) is 4.68 Å². The minimum absolute atomic E-state index is 0.0451. The summed E-state index contributed by atoms with van der Waals surface area (Å²) >= 11 is 0. The van der Waals surface area contributed by atoms with Crippen LogP contribution in [-0.2, 0) is 6.54 Å². The van der Waals surface area contributed by atoms with Crippen LogP contribution in [-0.4, -0.2) is 25.1 Å². The molecule has 7 nitrogen and oxygen atoms in total. The van der Waals surface area contributed by atoms with Crippen LogP contribution in [0.2, 0.25) is 0 Å². The molecule has 1 unspecified atom stereocenters. The highest BCUT2D eigenvalue weighted by atomic mass is 16.5. The van der Waals surface area contributed by atoms with E-state index in [0.717, 1.165) is 17.2 Å². The first kappa shape index (κ1) is 14.1. The molecule has 7 heteroatoms. The molecule has 118 valence electrons. The Morgan fingerprint density at radius 2 is 2.13 bits per heavy atom. The lowest BCUT2D eigenvalue weighted by Crippen LogP contribution is -2.18. The van der Waals surface area contributed by atoms with E-state index in [0.29, 0.717) is 18.4 Å². The average molecular weight is 310 g/mol. The Kier molecular flexibility index (Phi) is 3.63. The molecule has 2 heterocycles. The highest BCUT2D eigenvalue weighted by molar-refractivity contribution is 5.30. The third kappa shape index (κ3) is 3.14. The first-order valence-electron chi connectivity index (χ1n) is 7.83. The topological polar surface area (TPSA) is 81.7 Å². The van der Waals surface area contributed by atoms with Gasteiger partial charge < -0.3 is 9.84 Å². The van der Waals surface area contributed by atoms with E-state index < -0.39 is 0 Å². The molecule has 1 aliphatic rings. The molecule has 0 aliphatic heterocycles. The Morgan fingerprint density at radius 1 is 1.30 bits per heavy atom. The van der Waals surface area contributed by atoms with Crippen LogP contribution in [0.25, 0.3) is 5.69 Å². The molecular formula is C16H18N6O. The maximum atomic E-state index is 5.26. The fourth-order valence-electron chi connectivity index (χ4n) is 2.37. The fraction of sp³-hybridized carbons (Fsp3) is 0.375. The molecule has 4 rings (SSSR count). The van der Waals surface area contributed by atoms with Crippen molar-refractivity contribution in [3.05, 3.63) is 53.9 Å². The van der Waals surface area contributed by atoms with Crippen LogP contribution in [0.4, 0.5) is 0 Å². The summed E-state index contributed by atoms with van der Waals surface area (Å²) in [6.07, 6.45) is 4.27. The minimum Gasteiger partial charge on any atom is -0.338 e. The van der Waals surface area contributed by atoms with E-state index in [9.17, 15) is 0 Å². The lowest BCUT2D eigenvalue weighted by molar-refractivity contribution is 0.355. The molecule has 1 fully saturated rings. The van der Waals surface area contributed by atoms with Gasteiger partial charge in [0.25, 0.3) is 0 Å². The van der Waals surface area contributed by atoms with E-state index >= 15 is 0 Å². The van der Waals surface area contributed by atoms with Gasteiger partial charge in [0.1, 0.15) is 0 Å². The first-order valence-corrected chi connectivity index (χ1v) is 7.83. The maximum Gasteiger partial charge on any atom is 0.240 e. The summed E-state index contributed by atoms with van der Waals surface area (Å²) in [6, 6.07) is 9.97. The molecule has 1 aliphatic carbocycles. The number of hydrogen-bond acceptors (Lipinski definition) is 6. The van der Waals surface area contributed by atoms with E-state index in [-0.39, 0.29) is 6.04 Å². The summed E-state index contributed by atoms with van der Waals surface area (Å²) in [7, 11) is 0. The van der Waals surface area contributed by atoms with Gasteiger partial charge in [-0.15, -0.1) is 5.10 Å². The van der Waals surface area contributed by atoms with Crippen molar-refractivity contribution in [1.82, 2.24) is 30.5 Å². The number of aromatic nitrogens is 5. The number of hydrogen-bond donors (Lipinski definition) is 1. The number of para-hydroxylation sites is 1. The Hall–Kier alpha value is -2.54. The van der Waals surface area contributed by atoms with Crippen molar-refractivity contribution in [3.63, 3.8) is 0 Å². The molecule has 0 spiro atoms. The second kappa shape index (κ2) is 5.92. The van der Waals surface area contributed by atoms with Gasteiger partial charge in [0.2, 0.25) is 5.89 Å². The van der Waals surface area contributed by atoms with Crippen molar-refractivity contribution < 1.29 is 4.52 Å². The van der Waals surface area contributed by atoms with Crippen LogP contribution in [0.5, 0.6) is 0 Å². The van der Waals surface area contributed by atoms with E-state index in [1.165, 1.54) is 12.8 Å². The van der Waals surface area contributed by atoms with Gasteiger partial charge in [0.05, 0.1) is 30.2 Å². The van der Waals surface area contributed by atoms with Crippen LogP contribution >= 0.6 is 0 Å². The number of rotatable bonds is 6. The minimum atomic E-state index is 0.0451. The molecule has 1 aromatic carbocycles. The summed E-state index contributed by atoms with van der Waals surface area (Å²) in [5.41, 5.74) is 1.86. The Balaban J connectivity index is 1.38. The lowest BCUT2D eigenvalue weighted by Gasteiger charge is -2.07. The summed E-state index contributed by atoms with van der Waals surface area (Å²) in [5.74, 6) is 1.97. The largest absolute Gasteiger partial charge is 0.338 e. The molecule has 0 saturated heterocycles. The van der Waals surface area contributed by atoms with Crippen molar-refractivity contribution in [2.24, 2.45) is 0 Å². The monoisotopic (exact) mass is 310 g/mol. The van der Waals surface area contributed by atoms with Crippen LogP contribution in [0.3, 0.4) is 0 Å². The van der Waals surface area contributed by atoms with Gasteiger partial charge in [0.15, 0.2) is 5.82 Å². The van der Waals surface area contributed by atoms with Gasteiger partial charge >= 0.3 is 0 Å². The van der Waals surface area contributed by atoms with Crippen molar-refractivity contribution in [2.45, 2.75) is 38.3 Å². The van der Waals surface area contributed by atoms with Crippen molar-refractivity contribution >= 4 is 0 Å².